The predicted molar refractivity (Wildman–Crippen MR) is 79.2 cm³/mol. The molecule has 2 rings (SSSR count). The molecule has 0 atom stereocenters. The largest absolute Gasteiger partial charge is 0.399 e. The standard InChI is InChI=1S/C15H17ClN2/c1-11-8-14(6-7-15(11)17)18(2)10-12-4-3-5-13(16)9-12/h3-9H,10,17H2,1-2H3. The summed E-state index contributed by atoms with van der Waals surface area (Å²) in [6, 6.07) is 14.0. The highest BCUT2D eigenvalue weighted by Crippen LogP contribution is 2.21. The summed E-state index contributed by atoms with van der Waals surface area (Å²) >= 11 is 5.99. The van der Waals surface area contributed by atoms with Crippen molar-refractivity contribution in [2.24, 2.45) is 0 Å². The average Bonchev–Trinajstić information content (AvgIpc) is 2.32. The zero-order valence-corrected chi connectivity index (χ0v) is 11.4. The van der Waals surface area contributed by atoms with Crippen molar-refractivity contribution in [2.75, 3.05) is 17.7 Å². The summed E-state index contributed by atoms with van der Waals surface area (Å²) < 4.78 is 0. The summed E-state index contributed by atoms with van der Waals surface area (Å²) in [5.74, 6) is 0. The smallest absolute Gasteiger partial charge is 0.0426 e. The molecule has 0 aliphatic rings. The number of nitrogens with two attached hydrogens (primary N) is 1. The maximum Gasteiger partial charge on any atom is 0.0426 e. The van der Waals surface area contributed by atoms with Gasteiger partial charge in [0.2, 0.25) is 0 Å². The van der Waals surface area contributed by atoms with Gasteiger partial charge in [-0.2, -0.15) is 0 Å². The Hall–Kier alpha value is -1.67. The lowest BCUT2D eigenvalue weighted by Crippen LogP contribution is -2.16. The highest BCUT2D eigenvalue weighted by molar-refractivity contribution is 6.30. The first kappa shape index (κ1) is 12.8. The number of benzene rings is 2. The highest BCUT2D eigenvalue weighted by atomic mass is 35.5. The van der Waals surface area contributed by atoms with Crippen LogP contribution in [0.15, 0.2) is 42.5 Å². The Bertz CT molecular complexity index is 552. The van der Waals surface area contributed by atoms with Crippen LogP contribution in [0.4, 0.5) is 11.4 Å². The van der Waals surface area contributed by atoms with Gasteiger partial charge in [-0.15, -0.1) is 0 Å². The van der Waals surface area contributed by atoms with Crippen LogP contribution in [0, 0.1) is 6.92 Å². The fourth-order valence-corrected chi connectivity index (χ4v) is 2.11. The van der Waals surface area contributed by atoms with Gasteiger partial charge < -0.3 is 10.6 Å². The van der Waals surface area contributed by atoms with Gasteiger partial charge in [0.25, 0.3) is 0 Å². The molecule has 2 nitrogen and oxygen atoms in total. The zero-order valence-electron chi connectivity index (χ0n) is 10.7. The maximum absolute atomic E-state index is 5.99. The quantitative estimate of drug-likeness (QED) is 0.849. The lowest BCUT2D eigenvalue weighted by Gasteiger charge is -2.20. The van der Waals surface area contributed by atoms with Crippen LogP contribution in [0.5, 0.6) is 0 Å². The van der Waals surface area contributed by atoms with Crippen molar-refractivity contribution in [1.29, 1.82) is 0 Å². The molecule has 0 aromatic heterocycles. The molecular weight excluding hydrogens is 244 g/mol. The van der Waals surface area contributed by atoms with E-state index < -0.39 is 0 Å². The van der Waals surface area contributed by atoms with Gasteiger partial charge in [0.1, 0.15) is 0 Å². The minimum absolute atomic E-state index is 0.773. The molecule has 0 aliphatic carbocycles. The van der Waals surface area contributed by atoms with Crippen LogP contribution in [0.25, 0.3) is 0 Å². The van der Waals surface area contributed by atoms with Gasteiger partial charge in [0.15, 0.2) is 0 Å². The molecule has 0 unspecified atom stereocenters. The highest BCUT2D eigenvalue weighted by Gasteiger charge is 2.04. The third-order valence-electron chi connectivity index (χ3n) is 3.00. The van der Waals surface area contributed by atoms with Gasteiger partial charge in [-0.05, 0) is 48.4 Å². The molecule has 0 fully saturated rings. The van der Waals surface area contributed by atoms with Crippen molar-refractivity contribution in [3.63, 3.8) is 0 Å². The Morgan fingerprint density at radius 3 is 2.61 bits per heavy atom. The fraction of sp³-hybridized carbons (Fsp3) is 0.200. The van der Waals surface area contributed by atoms with E-state index >= 15 is 0 Å². The molecular formula is C15H17ClN2. The first-order chi connectivity index (χ1) is 8.56. The number of nitrogen functional groups attached to an aromatic ring is 1. The Balaban J connectivity index is 2.16. The number of aryl methyl sites for hydroxylation is 1. The number of hydrogen-bond donors (Lipinski definition) is 1. The zero-order chi connectivity index (χ0) is 13.1. The van der Waals surface area contributed by atoms with Crippen molar-refractivity contribution < 1.29 is 0 Å². The summed E-state index contributed by atoms with van der Waals surface area (Å²) in [5, 5.41) is 0.773. The second-order valence-corrected chi connectivity index (χ2v) is 4.96. The monoisotopic (exact) mass is 260 g/mol. The SMILES string of the molecule is Cc1cc(N(C)Cc2cccc(Cl)c2)ccc1N. The Morgan fingerprint density at radius 1 is 1.17 bits per heavy atom. The van der Waals surface area contributed by atoms with E-state index in [0.717, 1.165) is 28.5 Å². The molecule has 0 heterocycles. The minimum Gasteiger partial charge on any atom is -0.399 e. The predicted octanol–water partition coefficient (Wildman–Crippen LogP) is 3.87. The molecule has 0 spiro atoms. The van der Waals surface area contributed by atoms with E-state index in [4.69, 9.17) is 17.3 Å². The van der Waals surface area contributed by atoms with Crippen LogP contribution in [-0.4, -0.2) is 7.05 Å². The van der Waals surface area contributed by atoms with Crippen molar-refractivity contribution in [3.8, 4) is 0 Å². The van der Waals surface area contributed by atoms with E-state index in [1.54, 1.807) is 0 Å². The van der Waals surface area contributed by atoms with E-state index in [-0.39, 0.29) is 0 Å². The number of anilines is 2. The molecule has 94 valence electrons. The summed E-state index contributed by atoms with van der Waals surface area (Å²) in [6.07, 6.45) is 0. The minimum atomic E-state index is 0.773. The molecule has 3 heteroatoms. The molecule has 2 N–H and O–H groups in total. The molecule has 0 radical (unpaired) electrons. The van der Waals surface area contributed by atoms with E-state index in [9.17, 15) is 0 Å². The summed E-state index contributed by atoms with van der Waals surface area (Å²) in [4.78, 5) is 2.18. The summed E-state index contributed by atoms with van der Waals surface area (Å²) in [5.41, 5.74) is 10.1. The van der Waals surface area contributed by atoms with Gasteiger partial charge in [-0.1, -0.05) is 23.7 Å². The number of hydrogen-bond acceptors (Lipinski definition) is 2. The topological polar surface area (TPSA) is 29.3 Å². The summed E-state index contributed by atoms with van der Waals surface area (Å²) in [7, 11) is 2.06. The van der Waals surface area contributed by atoms with E-state index in [1.165, 1.54) is 5.56 Å². The summed E-state index contributed by atoms with van der Waals surface area (Å²) in [6.45, 7) is 2.84. The van der Waals surface area contributed by atoms with Gasteiger partial charge in [-0.3, -0.25) is 0 Å². The van der Waals surface area contributed by atoms with Crippen LogP contribution in [0.1, 0.15) is 11.1 Å². The van der Waals surface area contributed by atoms with Crippen LogP contribution < -0.4 is 10.6 Å². The first-order valence-electron chi connectivity index (χ1n) is 5.88. The number of nitrogens with zero attached hydrogens (tertiary/aromatic N) is 1. The first-order valence-corrected chi connectivity index (χ1v) is 6.26. The molecule has 0 saturated heterocycles. The molecule has 0 aliphatic heterocycles. The van der Waals surface area contributed by atoms with E-state index in [2.05, 4.69) is 24.1 Å². The maximum atomic E-state index is 5.99. The van der Waals surface area contributed by atoms with E-state index in [1.807, 2.05) is 37.3 Å². The lowest BCUT2D eigenvalue weighted by molar-refractivity contribution is 0.922. The van der Waals surface area contributed by atoms with Crippen LogP contribution in [-0.2, 0) is 6.54 Å². The second-order valence-electron chi connectivity index (χ2n) is 4.53. The fourth-order valence-electron chi connectivity index (χ4n) is 1.90. The number of rotatable bonds is 3. The Labute approximate surface area is 113 Å². The van der Waals surface area contributed by atoms with E-state index in [0.29, 0.717) is 0 Å². The third kappa shape index (κ3) is 2.96. The third-order valence-corrected chi connectivity index (χ3v) is 3.24. The van der Waals surface area contributed by atoms with Crippen molar-refractivity contribution >= 4 is 23.0 Å². The van der Waals surface area contributed by atoms with Crippen LogP contribution in [0.3, 0.4) is 0 Å². The van der Waals surface area contributed by atoms with Crippen LogP contribution >= 0.6 is 11.6 Å². The molecule has 0 amide bonds. The second kappa shape index (κ2) is 5.32. The molecule has 2 aromatic carbocycles. The van der Waals surface area contributed by atoms with Gasteiger partial charge >= 0.3 is 0 Å². The molecule has 0 saturated carbocycles. The number of halogens is 1. The molecule has 18 heavy (non-hydrogen) atoms. The van der Waals surface area contributed by atoms with Crippen LogP contribution in [0.2, 0.25) is 5.02 Å². The normalized spacial score (nSPS) is 10.4. The van der Waals surface area contributed by atoms with Crippen molar-refractivity contribution in [2.45, 2.75) is 13.5 Å². The molecule has 2 aromatic rings. The van der Waals surface area contributed by atoms with Crippen molar-refractivity contribution in [3.05, 3.63) is 58.6 Å². The molecule has 0 bridgehead atoms. The van der Waals surface area contributed by atoms with Gasteiger partial charge in [0.05, 0.1) is 0 Å². The van der Waals surface area contributed by atoms with Crippen molar-refractivity contribution in [1.82, 2.24) is 0 Å². The average molecular weight is 261 g/mol. The van der Waals surface area contributed by atoms with Gasteiger partial charge in [0, 0.05) is 30.0 Å². The Kier molecular flexibility index (Phi) is 3.78. The lowest BCUT2D eigenvalue weighted by atomic mass is 10.1. The van der Waals surface area contributed by atoms with Gasteiger partial charge in [-0.25, -0.2) is 0 Å². The Morgan fingerprint density at radius 2 is 1.94 bits per heavy atom.